The van der Waals surface area contributed by atoms with Gasteiger partial charge in [0.1, 0.15) is 5.69 Å². The standard InChI is InChI=1S/C7H10BrFN4/c1-13-5(6(8)11-12-13)7(9)2-3-10-4-7/h10H,2-4H2,1H3. The third kappa shape index (κ3) is 1.38. The average Bonchev–Trinajstić information content (AvgIpc) is 2.60. The van der Waals surface area contributed by atoms with Crippen LogP contribution in [0.5, 0.6) is 0 Å². The number of hydrogen-bond donors (Lipinski definition) is 1. The summed E-state index contributed by atoms with van der Waals surface area (Å²) in [5, 5.41) is 10.5. The highest BCUT2D eigenvalue weighted by Gasteiger charge is 2.40. The molecule has 13 heavy (non-hydrogen) atoms. The van der Waals surface area contributed by atoms with Gasteiger partial charge in [0, 0.05) is 20.0 Å². The molecule has 1 saturated heterocycles. The minimum absolute atomic E-state index is 0.340. The molecule has 0 aromatic carbocycles. The predicted octanol–water partition coefficient (Wildman–Crippen LogP) is 0.736. The fourth-order valence-corrected chi connectivity index (χ4v) is 2.35. The van der Waals surface area contributed by atoms with Crippen molar-refractivity contribution in [2.75, 3.05) is 13.1 Å². The number of halogens is 2. The van der Waals surface area contributed by atoms with E-state index in [9.17, 15) is 4.39 Å². The fourth-order valence-electron chi connectivity index (χ4n) is 1.67. The molecule has 2 rings (SSSR count). The molecular weight excluding hydrogens is 239 g/mol. The summed E-state index contributed by atoms with van der Waals surface area (Å²) in [5.41, 5.74) is -0.797. The number of hydrogen-bond acceptors (Lipinski definition) is 3. The third-order valence-electron chi connectivity index (χ3n) is 2.31. The summed E-state index contributed by atoms with van der Waals surface area (Å²) in [5.74, 6) is 0. The van der Waals surface area contributed by atoms with Crippen molar-refractivity contribution in [3.63, 3.8) is 0 Å². The average molecular weight is 249 g/mol. The predicted molar refractivity (Wildman–Crippen MR) is 49.0 cm³/mol. The summed E-state index contributed by atoms with van der Waals surface area (Å²) in [7, 11) is 1.70. The maximum Gasteiger partial charge on any atom is 0.168 e. The van der Waals surface area contributed by atoms with Crippen LogP contribution in [0.1, 0.15) is 12.1 Å². The summed E-state index contributed by atoms with van der Waals surface area (Å²) in [6.07, 6.45) is 0.479. The Morgan fingerprint density at radius 3 is 2.92 bits per heavy atom. The van der Waals surface area contributed by atoms with E-state index in [0.717, 1.165) is 0 Å². The second kappa shape index (κ2) is 3.02. The fraction of sp³-hybridized carbons (Fsp3) is 0.714. The molecule has 1 aromatic heterocycles. The molecule has 4 nitrogen and oxygen atoms in total. The smallest absolute Gasteiger partial charge is 0.168 e. The summed E-state index contributed by atoms with van der Waals surface area (Å²) < 4.78 is 16.2. The van der Waals surface area contributed by atoms with E-state index in [2.05, 4.69) is 31.6 Å². The first-order chi connectivity index (χ1) is 6.13. The largest absolute Gasteiger partial charge is 0.313 e. The normalized spacial score (nSPS) is 28.2. The van der Waals surface area contributed by atoms with Gasteiger partial charge < -0.3 is 5.32 Å². The first-order valence-electron chi connectivity index (χ1n) is 4.09. The molecule has 72 valence electrons. The van der Waals surface area contributed by atoms with Crippen molar-refractivity contribution in [1.82, 2.24) is 20.3 Å². The van der Waals surface area contributed by atoms with Crippen LogP contribution in [0.25, 0.3) is 0 Å². The van der Waals surface area contributed by atoms with Crippen LogP contribution in [0.2, 0.25) is 0 Å². The van der Waals surface area contributed by atoms with E-state index in [1.165, 1.54) is 4.68 Å². The van der Waals surface area contributed by atoms with Gasteiger partial charge in [-0.2, -0.15) is 0 Å². The van der Waals surface area contributed by atoms with E-state index in [0.29, 0.717) is 29.8 Å². The Hall–Kier alpha value is -0.490. The molecule has 1 unspecified atom stereocenters. The van der Waals surface area contributed by atoms with Gasteiger partial charge in [-0.05, 0) is 22.5 Å². The lowest BCUT2D eigenvalue weighted by Crippen LogP contribution is -2.26. The lowest BCUT2D eigenvalue weighted by Gasteiger charge is -2.17. The van der Waals surface area contributed by atoms with Gasteiger partial charge in [0.2, 0.25) is 0 Å². The molecule has 0 saturated carbocycles. The first kappa shape index (κ1) is 9.08. The van der Waals surface area contributed by atoms with Gasteiger partial charge in [-0.3, -0.25) is 0 Å². The molecule has 2 heterocycles. The zero-order valence-electron chi connectivity index (χ0n) is 7.22. The molecule has 0 radical (unpaired) electrons. The van der Waals surface area contributed by atoms with E-state index >= 15 is 0 Å². The maximum atomic E-state index is 14.2. The van der Waals surface area contributed by atoms with Crippen molar-refractivity contribution in [2.45, 2.75) is 12.1 Å². The highest BCUT2D eigenvalue weighted by atomic mass is 79.9. The van der Waals surface area contributed by atoms with Crippen molar-refractivity contribution in [2.24, 2.45) is 7.05 Å². The molecular formula is C7H10BrFN4. The Balaban J connectivity index is 2.43. The van der Waals surface area contributed by atoms with Gasteiger partial charge in [0.25, 0.3) is 0 Å². The Bertz CT molecular complexity index is 299. The van der Waals surface area contributed by atoms with Crippen LogP contribution in [-0.2, 0) is 12.7 Å². The molecule has 0 amide bonds. The van der Waals surface area contributed by atoms with Gasteiger partial charge in [-0.15, -0.1) is 5.10 Å². The minimum atomic E-state index is -1.32. The molecule has 0 spiro atoms. The molecule has 1 aliphatic rings. The van der Waals surface area contributed by atoms with E-state index in [1.54, 1.807) is 7.05 Å². The van der Waals surface area contributed by atoms with E-state index in [4.69, 9.17) is 0 Å². The van der Waals surface area contributed by atoms with Crippen LogP contribution in [0.3, 0.4) is 0 Å². The van der Waals surface area contributed by atoms with Crippen LogP contribution < -0.4 is 5.32 Å². The van der Waals surface area contributed by atoms with E-state index in [-0.39, 0.29) is 0 Å². The number of nitrogens with zero attached hydrogens (tertiary/aromatic N) is 3. The monoisotopic (exact) mass is 248 g/mol. The number of aryl methyl sites for hydroxylation is 1. The second-order valence-corrected chi connectivity index (χ2v) is 4.00. The number of aromatic nitrogens is 3. The van der Waals surface area contributed by atoms with Gasteiger partial charge in [0.15, 0.2) is 10.3 Å². The SMILES string of the molecule is Cn1nnc(Br)c1C1(F)CCNC1. The molecule has 1 N–H and O–H groups in total. The number of rotatable bonds is 1. The molecule has 0 aliphatic carbocycles. The summed E-state index contributed by atoms with van der Waals surface area (Å²) in [4.78, 5) is 0. The molecule has 1 fully saturated rings. The van der Waals surface area contributed by atoms with Crippen LogP contribution in [0.4, 0.5) is 4.39 Å². The van der Waals surface area contributed by atoms with Gasteiger partial charge >= 0.3 is 0 Å². The number of nitrogens with one attached hydrogen (secondary N) is 1. The van der Waals surface area contributed by atoms with Crippen LogP contribution in [-0.4, -0.2) is 28.1 Å². The summed E-state index contributed by atoms with van der Waals surface area (Å²) >= 11 is 3.20. The van der Waals surface area contributed by atoms with Crippen molar-refractivity contribution in [3.05, 3.63) is 10.3 Å². The second-order valence-electron chi connectivity index (χ2n) is 3.24. The van der Waals surface area contributed by atoms with Crippen molar-refractivity contribution < 1.29 is 4.39 Å². The quantitative estimate of drug-likeness (QED) is 0.798. The van der Waals surface area contributed by atoms with E-state index in [1.807, 2.05) is 0 Å². The minimum Gasteiger partial charge on any atom is -0.313 e. The molecule has 6 heteroatoms. The summed E-state index contributed by atoms with van der Waals surface area (Å²) in [6.45, 7) is 1.04. The Kier molecular flexibility index (Phi) is 2.11. The molecule has 1 aliphatic heterocycles. The molecule has 1 atom stereocenters. The number of alkyl halides is 1. The Morgan fingerprint density at radius 1 is 1.69 bits per heavy atom. The van der Waals surface area contributed by atoms with Crippen molar-refractivity contribution in [3.8, 4) is 0 Å². The van der Waals surface area contributed by atoms with Gasteiger partial charge in [0.05, 0.1) is 0 Å². The van der Waals surface area contributed by atoms with Crippen LogP contribution in [0, 0.1) is 0 Å². The lowest BCUT2D eigenvalue weighted by atomic mass is 10.0. The highest BCUT2D eigenvalue weighted by Crippen LogP contribution is 2.35. The van der Waals surface area contributed by atoms with Crippen LogP contribution >= 0.6 is 15.9 Å². The van der Waals surface area contributed by atoms with Gasteiger partial charge in [-0.1, -0.05) is 5.21 Å². The zero-order chi connectivity index (χ0) is 9.47. The summed E-state index contributed by atoms with van der Waals surface area (Å²) in [6, 6.07) is 0. The van der Waals surface area contributed by atoms with Crippen molar-refractivity contribution >= 4 is 15.9 Å². The van der Waals surface area contributed by atoms with Crippen molar-refractivity contribution in [1.29, 1.82) is 0 Å². The van der Waals surface area contributed by atoms with Crippen LogP contribution in [0.15, 0.2) is 4.60 Å². The van der Waals surface area contributed by atoms with E-state index < -0.39 is 5.67 Å². The maximum absolute atomic E-state index is 14.2. The molecule has 1 aromatic rings. The zero-order valence-corrected chi connectivity index (χ0v) is 8.80. The lowest BCUT2D eigenvalue weighted by molar-refractivity contribution is 0.178. The topological polar surface area (TPSA) is 42.7 Å². The molecule has 0 bridgehead atoms. The third-order valence-corrected chi connectivity index (χ3v) is 2.85. The Morgan fingerprint density at radius 2 is 2.46 bits per heavy atom. The van der Waals surface area contributed by atoms with Gasteiger partial charge in [-0.25, -0.2) is 9.07 Å². The highest BCUT2D eigenvalue weighted by molar-refractivity contribution is 9.10. The first-order valence-corrected chi connectivity index (χ1v) is 4.88. The Labute approximate surface area is 83.6 Å².